The van der Waals surface area contributed by atoms with E-state index >= 15 is 0 Å². The van der Waals surface area contributed by atoms with Crippen LogP contribution in [0, 0.1) is 17.3 Å². The van der Waals surface area contributed by atoms with E-state index in [1.54, 1.807) is 13.8 Å². The average molecular weight is 453 g/mol. The minimum absolute atomic E-state index is 0.0863. The van der Waals surface area contributed by atoms with E-state index in [9.17, 15) is 18.0 Å². The summed E-state index contributed by atoms with van der Waals surface area (Å²) in [6.07, 6.45) is -3.38. The van der Waals surface area contributed by atoms with E-state index in [0.717, 1.165) is 22.8 Å². The van der Waals surface area contributed by atoms with Gasteiger partial charge in [-0.15, -0.1) is 0 Å². The number of benzene rings is 2. The molecule has 0 saturated heterocycles. The smallest absolute Gasteiger partial charge is 0.422 e. The van der Waals surface area contributed by atoms with Crippen LogP contribution >= 0.6 is 15.9 Å². The molecule has 0 aliphatic heterocycles. The highest BCUT2D eigenvalue weighted by molar-refractivity contribution is 9.11. The second kappa shape index (κ2) is 7.74. The Kier molecular flexibility index (Phi) is 5.71. The van der Waals surface area contributed by atoms with Crippen molar-refractivity contribution in [3.63, 3.8) is 0 Å². The third-order valence-electron chi connectivity index (χ3n) is 5.18. The van der Waals surface area contributed by atoms with Gasteiger partial charge in [0, 0.05) is 0 Å². The molecule has 1 fully saturated rings. The molecule has 2 aromatic carbocycles. The van der Waals surface area contributed by atoms with E-state index in [4.69, 9.17) is 4.74 Å². The van der Waals surface area contributed by atoms with Crippen LogP contribution in [-0.4, -0.2) is 12.1 Å². The van der Waals surface area contributed by atoms with E-state index in [1.165, 1.54) is 0 Å². The number of esters is 1. The van der Waals surface area contributed by atoms with Crippen molar-refractivity contribution in [3.05, 3.63) is 70.7 Å². The van der Waals surface area contributed by atoms with Crippen molar-refractivity contribution in [2.45, 2.75) is 26.6 Å². The first-order chi connectivity index (χ1) is 13.1. The minimum Gasteiger partial charge on any atom is -0.461 e. The van der Waals surface area contributed by atoms with E-state index in [-0.39, 0.29) is 6.61 Å². The topological polar surface area (TPSA) is 26.3 Å². The van der Waals surface area contributed by atoms with Gasteiger partial charge in [-0.25, -0.2) is 0 Å². The first-order valence-electron chi connectivity index (χ1n) is 8.86. The van der Waals surface area contributed by atoms with E-state index in [2.05, 4.69) is 15.9 Å². The Balaban J connectivity index is 1.65. The fourth-order valence-corrected chi connectivity index (χ4v) is 3.69. The molecular formula is C22H20BrF3O2. The van der Waals surface area contributed by atoms with Crippen molar-refractivity contribution in [1.82, 2.24) is 0 Å². The third-order valence-corrected chi connectivity index (χ3v) is 5.89. The molecular weight excluding hydrogens is 433 g/mol. The molecule has 2 nitrogen and oxygen atoms in total. The highest BCUT2D eigenvalue weighted by Crippen LogP contribution is 2.60. The van der Waals surface area contributed by atoms with Crippen LogP contribution in [0.3, 0.4) is 0 Å². The maximum Gasteiger partial charge on any atom is 0.422 e. The molecule has 148 valence electrons. The minimum atomic E-state index is -4.45. The highest BCUT2D eigenvalue weighted by Gasteiger charge is 2.62. The molecule has 28 heavy (non-hydrogen) atoms. The van der Waals surface area contributed by atoms with Crippen molar-refractivity contribution >= 4 is 21.9 Å². The number of allylic oxidation sites excluding steroid dienone is 2. The Labute approximate surface area is 170 Å². The lowest BCUT2D eigenvalue weighted by molar-refractivity contribution is -0.147. The molecule has 0 spiro atoms. The van der Waals surface area contributed by atoms with E-state index in [1.807, 2.05) is 54.6 Å². The summed E-state index contributed by atoms with van der Waals surface area (Å²) in [6, 6.07) is 17.5. The van der Waals surface area contributed by atoms with Gasteiger partial charge in [0.1, 0.15) is 6.61 Å². The van der Waals surface area contributed by atoms with Crippen LogP contribution in [0.15, 0.2) is 65.2 Å². The molecule has 1 aliphatic carbocycles. The van der Waals surface area contributed by atoms with Gasteiger partial charge in [-0.3, -0.25) is 4.79 Å². The lowest BCUT2D eigenvalue weighted by Gasteiger charge is -2.08. The lowest BCUT2D eigenvalue weighted by atomic mass is 10.0. The van der Waals surface area contributed by atoms with Gasteiger partial charge in [-0.1, -0.05) is 68.5 Å². The summed E-state index contributed by atoms with van der Waals surface area (Å²) in [5.41, 5.74) is 2.33. The molecule has 0 aromatic heterocycles. The number of carbonyl (C=O) groups is 1. The summed E-state index contributed by atoms with van der Waals surface area (Å²) >= 11 is 2.56. The van der Waals surface area contributed by atoms with Crippen LogP contribution in [0.5, 0.6) is 0 Å². The molecule has 0 unspecified atom stereocenters. The van der Waals surface area contributed by atoms with Gasteiger partial charge in [-0.05, 0) is 50.0 Å². The number of alkyl halides is 3. The van der Waals surface area contributed by atoms with Crippen molar-refractivity contribution in [2.75, 3.05) is 0 Å². The van der Waals surface area contributed by atoms with Crippen LogP contribution < -0.4 is 0 Å². The largest absolute Gasteiger partial charge is 0.461 e. The Morgan fingerprint density at radius 1 is 1.11 bits per heavy atom. The zero-order chi connectivity index (χ0) is 20.5. The van der Waals surface area contributed by atoms with Gasteiger partial charge in [-0.2, -0.15) is 13.2 Å². The van der Waals surface area contributed by atoms with Gasteiger partial charge in [0.2, 0.25) is 0 Å². The fraction of sp³-hybridized carbons (Fsp3) is 0.318. The standard InChI is InChI=1S/C22H20BrF3O2/c1-21(2)17(12-18(23)22(24,25)26)19(21)20(27)28-13-14-7-6-10-16(11-14)15-8-4-3-5-9-15/h3-12,17,19H,13H2,1-2H3/t17-,19-/m0/s1. The molecule has 2 atom stereocenters. The molecule has 0 heterocycles. The van der Waals surface area contributed by atoms with Crippen molar-refractivity contribution in [1.29, 1.82) is 0 Å². The molecule has 0 bridgehead atoms. The summed E-state index contributed by atoms with van der Waals surface area (Å²) in [4.78, 5) is 12.4. The zero-order valence-electron chi connectivity index (χ0n) is 15.5. The van der Waals surface area contributed by atoms with E-state index in [0.29, 0.717) is 0 Å². The quantitative estimate of drug-likeness (QED) is 0.483. The normalized spacial score (nSPS) is 21.3. The highest BCUT2D eigenvalue weighted by atomic mass is 79.9. The Hall–Kier alpha value is -2.08. The van der Waals surface area contributed by atoms with E-state index < -0.39 is 33.9 Å². The number of carbonyl (C=O) groups excluding carboxylic acids is 1. The van der Waals surface area contributed by atoms with Crippen LogP contribution in [0.25, 0.3) is 11.1 Å². The van der Waals surface area contributed by atoms with Crippen LogP contribution in [0.1, 0.15) is 19.4 Å². The molecule has 1 aliphatic rings. The predicted octanol–water partition coefficient (Wildman–Crippen LogP) is 6.51. The van der Waals surface area contributed by atoms with Gasteiger partial charge >= 0.3 is 12.1 Å². The summed E-state index contributed by atoms with van der Waals surface area (Å²) in [5, 5.41) is 0. The first-order valence-corrected chi connectivity index (χ1v) is 9.65. The second-order valence-corrected chi connectivity index (χ2v) is 8.37. The number of halogens is 4. The predicted molar refractivity (Wildman–Crippen MR) is 106 cm³/mol. The van der Waals surface area contributed by atoms with Crippen molar-refractivity contribution in [2.24, 2.45) is 17.3 Å². The van der Waals surface area contributed by atoms with Crippen molar-refractivity contribution in [3.8, 4) is 11.1 Å². The van der Waals surface area contributed by atoms with Crippen LogP contribution in [-0.2, 0) is 16.1 Å². The number of hydrogen-bond donors (Lipinski definition) is 0. The van der Waals surface area contributed by atoms with Gasteiger partial charge in [0.15, 0.2) is 0 Å². The molecule has 2 aromatic rings. The van der Waals surface area contributed by atoms with Crippen LogP contribution in [0.4, 0.5) is 13.2 Å². The fourth-order valence-electron chi connectivity index (χ4n) is 3.41. The van der Waals surface area contributed by atoms with Gasteiger partial charge < -0.3 is 4.74 Å². The summed E-state index contributed by atoms with van der Waals surface area (Å²) in [7, 11) is 0. The maximum absolute atomic E-state index is 12.7. The molecule has 0 radical (unpaired) electrons. The van der Waals surface area contributed by atoms with Gasteiger partial charge in [0.25, 0.3) is 0 Å². The Bertz CT molecular complexity index is 888. The monoisotopic (exact) mass is 452 g/mol. The Morgan fingerprint density at radius 3 is 2.39 bits per heavy atom. The zero-order valence-corrected chi connectivity index (χ0v) is 17.0. The molecule has 6 heteroatoms. The van der Waals surface area contributed by atoms with Crippen molar-refractivity contribution < 1.29 is 22.7 Å². The molecule has 0 amide bonds. The lowest BCUT2D eigenvalue weighted by Crippen LogP contribution is -2.11. The molecule has 3 rings (SSSR count). The van der Waals surface area contributed by atoms with Gasteiger partial charge in [0.05, 0.1) is 10.4 Å². The molecule has 0 N–H and O–H groups in total. The Morgan fingerprint density at radius 2 is 1.75 bits per heavy atom. The number of hydrogen-bond acceptors (Lipinski definition) is 2. The summed E-state index contributed by atoms with van der Waals surface area (Å²) in [6.45, 7) is 3.63. The third kappa shape index (κ3) is 4.49. The maximum atomic E-state index is 12.7. The second-order valence-electron chi connectivity index (χ2n) is 7.51. The summed E-state index contributed by atoms with van der Waals surface area (Å²) in [5.74, 6) is -1.56. The number of ether oxygens (including phenoxy) is 1. The molecule has 1 saturated carbocycles. The first kappa shape index (κ1) is 20.6. The average Bonchev–Trinajstić information content (AvgIpc) is 3.20. The SMILES string of the molecule is CC1(C)[C@H](C(=O)OCc2cccc(-c3ccccc3)c2)[C@@H]1C=C(Br)C(F)(F)F. The summed E-state index contributed by atoms with van der Waals surface area (Å²) < 4.78 is 42.8. The van der Waals surface area contributed by atoms with Crippen LogP contribution in [0.2, 0.25) is 0 Å². The number of rotatable bonds is 5.